The summed E-state index contributed by atoms with van der Waals surface area (Å²) in [4.78, 5) is 24.8. The number of hydrogen-bond acceptors (Lipinski definition) is 7. The topological polar surface area (TPSA) is 113 Å². The maximum Gasteiger partial charge on any atom is 0.311 e. The van der Waals surface area contributed by atoms with Crippen molar-refractivity contribution in [3.63, 3.8) is 0 Å². The van der Waals surface area contributed by atoms with E-state index in [1.165, 1.54) is 14.0 Å². The smallest absolute Gasteiger partial charge is 0.311 e. The summed E-state index contributed by atoms with van der Waals surface area (Å²) in [6.07, 6.45) is -2.49. The SMILES string of the molecule is COC(=O)[C@]1(C)CC[C@H](O)[C@]2(C)c3cc(O)c(C(C)C)cc3[C@@H](O)[C@@H](OC(C)=O)[C@H]21. The Morgan fingerprint density at radius 2 is 1.83 bits per heavy atom. The zero-order chi connectivity index (χ0) is 22.6. The van der Waals surface area contributed by atoms with E-state index in [9.17, 15) is 24.9 Å². The number of hydrogen-bond donors (Lipinski definition) is 3. The van der Waals surface area contributed by atoms with Gasteiger partial charge >= 0.3 is 11.9 Å². The highest BCUT2D eigenvalue weighted by atomic mass is 16.6. The van der Waals surface area contributed by atoms with Crippen LogP contribution in [0.1, 0.15) is 76.2 Å². The minimum Gasteiger partial charge on any atom is -0.508 e. The van der Waals surface area contributed by atoms with E-state index in [-0.39, 0.29) is 11.7 Å². The van der Waals surface area contributed by atoms with Crippen LogP contribution in [0.5, 0.6) is 5.75 Å². The Labute approximate surface area is 177 Å². The van der Waals surface area contributed by atoms with Crippen LogP contribution in [-0.4, -0.2) is 46.6 Å². The van der Waals surface area contributed by atoms with Crippen LogP contribution in [0.3, 0.4) is 0 Å². The molecule has 3 rings (SSSR count). The van der Waals surface area contributed by atoms with Gasteiger partial charge in [-0.1, -0.05) is 20.8 Å². The summed E-state index contributed by atoms with van der Waals surface area (Å²) in [6.45, 7) is 8.64. The lowest BCUT2D eigenvalue weighted by molar-refractivity contribution is -0.199. The minimum atomic E-state index is -1.21. The number of phenols is 1. The summed E-state index contributed by atoms with van der Waals surface area (Å²) < 4.78 is 10.7. The van der Waals surface area contributed by atoms with Crippen molar-refractivity contribution in [1.82, 2.24) is 0 Å². The van der Waals surface area contributed by atoms with Crippen LogP contribution in [0.25, 0.3) is 0 Å². The lowest BCUT2D eigenvalue weighted by Gasteiger charge is -2.59. The van der Waals surface area contributed by atoms with Gasteiger partial charge in [0.15, 0.2) is 0 Å². The number of fused-ring (bicyclic) bond motifs is 3. The molecule has 2 aliphatic carbocycles. The lowest BCUT2D eigenvalue weighted by Crippen LogP contribution is -2.64. The first-order valence-electron chi connectivity index (χ1n) is 10.4. The van der Waals surface area contributed by atoms with Crippen molar-refractivity contribution in [1.29, 1.82) is 0 Å². The van der Waals surface area contributed by atoms with Gasteiger partial charge in [0, 0.05) is 18.3 Å². The number of methoxy groups -OCH3 is 1. The fraction of sp³-hybridized carbons (Fsp3) is 0.652. The molecule has 0 heterocycles. The number of carbonyl (C=O) groups is 2. The average Bonchev–Trinajstić information content (AvgIpc) is 2.67. The van der Waals surface area contributed by atoms with E-state index in [1.54, 1.807) is 26.0 Å². The van der Waals surface area contributed by atoms with Gasteiger partial charge in [-0.15, -0.1) is 0 Å². The third kappa shape index (κ3) is 3.10. The zero-order valence-electron chi connectivity index (χ0n) is 18.4. The molecule has 166 valence electrons. The quantitative estimate of drug-likeness (QED) is 0.644. The molecular formula is C23H32O7. The second kappa shape index (κ2) is 7.54. The van der Waals surface area contributed by atoms with Crippen molar-refractivity contribution in [3.8, 4) is 5.75 Å². The minimum absolute atomic E-state index is 0.00295. The third-order valence-corrected chi connectivity index (χ3v) is 7.28. The van der Waals surface area contributed by atoms with Crippen LogP contribution in [0.15, 0.2) is 12.1 Å². The third-order valence-electron chi connectivity index (χ3n) is 7.28. The molecule has 1 fully saturated rings. The van der Waals surface area contributed by atoms with E-state index < -0.39 is 47.0 Å². The number of aliphatic hydroxyl groups excluding tert-OH is 2. The second-order valence-corrected chi connectivity index (χ2v) is 9.40. The highest BCUT2D eigenvalue weighted by Gasteiger charge is 2.65. The van der Waals surface area contributed by atoms with E-state index in [1.807, 2.05) is 13.8 Å². The van der Waals surface area contributed by atoms with Crippen LogP contribution in [0.2, 0.25) is 0 Å². The van der Waals surface area contributed by atoms with Crippen molar-refractivity contribution in [2.75, 3.05) is 7.11 Å². The van der Waals surface area contributed by atoms with Gasteiger partial charge in [-0.2, -0.15) is 0 Å². The molecule has 0 amide bonds. The summed E-state index contributed by atoms with van der Waals surface area (Å²) in [5.41, 5.74) is -0.448. The van der Waals surface area contributed by atoms with Gasteiger partial charge in [0.2, 0.25) is 0 Å². The van der Waals surface area contributed by atoms with Gasteiger partial charge in [-0.05, 0) is 54.5 Å². The van der Waals surface area contributed by atoms with Gasteiger partial charge in [0.1, 0.15) is 18.0 Å². The lowest BCUT2D eigenvalue weighted by atomic mass is 9.47. The summed E-state index contributed by atoms with van der Waals surface area (Å²) in [6, 6.07) is 3.30. The Kier molecular flexibility index (Phi) is 5.67. The molecular weight excluding hydrogens is 388 g/mol. The number of benzene rings is 1. The Morgan fingerprint density at radius 1 is 1.20 bits per heavy atom. The standard InChI is InChI=1S/C23H32O7/c1-11(2)13-9-14-15(10-16(13)25)23(5)17(26)7-8-22(4,21(28)29-6)20(23)19(18(14)27)30-12(3)24/h9-11,17-20,25-27H,7-8H2,1-6H3/t17-,18+,19+,20-,22+,23-/m0/s1. The molecule has 0 spiro atoms. The fourth-order valence-electron chi connectivity index (χ4n) is 5.75. The average molecular weight is 421 g/mol. The molecule has 7 heteroatoms. The van der Waals surface area contributed by atoms with Gasteiger partial charge < -0.3 is 24.8 Å². The molecule has 1 aromatic carbocycles. The number of carbonyl (C=O) groups excluding carboxylic acids is 2. The maximum absolute atomic E-state index is 12.9. The zero-order valence-corrected chi connectivity index (χ0v) is 18.4. The van der Waals surface area contributed by atoms with Crippen molar-refractivity contribution in [2.24, 2.45) is 11.3 Å². The summed E-state index contributed by atoms with van der Waals surface area (Å²) >= 11 is 0. The number of rotatable bonds is 3. The summed E-state index contributed by atoms with van der Waals surface area (Å²) in [5, 5.41) is 33.1. The Morgan fingerprint density at radius 3 is 2.37 bits per heavy atom. The van der Waals surface area contributed by atoms with E-state index in [0.29, 0.717) is 29.5 Å². The molecule has 1 saturated carbocycles. The van der Waals surface area contributed by atoms with Crippen molar-refractivity contribution in [2.45, 2.75) is 77.1 Å². The fourth-order valence-corrected chi connectivity index (χ4v) is 5.75. The van der Waals surface area contributed by atoms with E-state index in [4.69, 9.17) is 9.47 Å². The molecule has 0 saturated heterocycles. The van der Waals surface area contributed by atoms with Crippen LogP contribution in [-0.2, 0) is 24.5 Å². The number of aliphatic hydroxyl groups is 2. The first kappa shape index (κ1) is 22.6. The summed E-state index contributed by atoms with van der Waals surface area (Å²) in [5.74, 6) is -1.76. The molecule has 0 bridgehead atoms. The van der Waals surface area contributed by atoms with Gasteiger partial charge in [-0.25, -0.2) is 0 Å². The molecule has 1 aromatic rings. The van der Waals surface area contributed by atoms with Crippen molar-refractivity contribution in [3.05, 3.63) is 28.8 Å². The second-order valence-electron chi connectivity index (χ2n) is 9.40. The number of aromatic hydroxyl groups is 1. The molecule has 6 atom stereocenters. The van der Waals surface area contributed by atoms with Crippen molar-refractivity contribution < 1.29 is 34.4 Å². The Bertz CT molecular complexity index is 863. The van der Waals surface area contributed by atoms with E-state index in [2.05, 4.69) is 0 Å². The van der Waals surface area contributed by atoms with E-state index in [0.717, 1.165) is 0 Å². The molecule has 30 heavy (non-hydrogen) atoms. The van der Waals surface area contributed by atoms with Crippen molar-refractivity contribution >= 4 is 11.9 Å². The largest absolute Gasteiger partial charge is 0.508 e. The van der Waals surface area contributed by atoms with Crippen LogP contribution < -0.4 is 0 Å². The molecule has 0 aliphatic heterocycles. The summed E-state index contributed by atoms with van der Waals surface area (Å²) in [7, 11) is 1.30. The Balaban J connectivity index is 2.34. The number of esters is 2. The maximum atomic E-state index is 12.9. The van der Waals surface area contributed by atoms with Gasteiger partial charge in [-0.3, -0.25) is 9.59 Å². The first-order valence-corrected chi connectivity index (χ1v) is 10.4. The van der Waals surface area contributed by atoms with E-state index >= 15 is 0 Å². The molecule has 7 nitrogen and oxygen atoms in total. The highest BCUT2D eigenvalue weighted by Crippen LogP contribution is 2.61. The van der Waals surface area contributed by atoms with Crippen LogP contribution in [0, 0.1) is 11.3 Å². The normalized spacial score (nSPS) is 35.4. The van der Waals surface area contributed by atoms with Crippen LogP contribution in [0.4, 0.5) is 0 Å². The van der Waals surface area contributed by atoms with Gasteiger partial charge in [0.25, 0.3) is 0 Å². The Hall–Kier alpha value is -2.12. The predicted molar refractivity (Wildman–Crippen MR) is 109 cm³/mol. The number of ether oxygens (including phenoxy) is 2. The first-order chi connectivity index (χ1) is 13.9. The van der Waals surface area contributed by atoms with Gasteiger partial charge in [0.05, 0.1) is 18.6 Å². The molecule has 0 aromatic heterocycles. The molecule has 2 aliphatic rings. The predicted octanol–water partition coefficient (Wildman–Crippen LogP) is 2.70. The van der Waals surface area contributed by atoms with Crippen LogP contribution >= 0.6 is 0 Å². The monoisotopic (exact) mass is 420 g/mol. The molecule has 0 unspecified atom stereocenters. The molecule has 0 radical (unpaired) electrons. The molecule has 3 N–H and O–H groups in total. The number of phenolic OH excluding ortho intramolecular Hbond substituents is 1. The highest BCUT2D eigenvalue weighted by molar-refractivity contribution is 5.78.